The van der Waals surface area contributed by atoms with E-state index in [0.717, 1.165) is 30.7 Å². The van der Waals surface area contributed by atoms with E-state index >= 15 is 0 Å². The quantitative estimate of drug-likeness (QED) is 0.830. The fourth-order valence-corrected chi connectivity index (χ4v) is 2.48. The van der Waals surface area contributed by atoms with Crippen LogP contribution in [0.4, 0.5) is 5.13 Å². The fraction of sp³-hybridized carbons (Fsp3) is 0.545. The lowest BCUT2D eigenvalue weighted by Gasteiger charge is -2.26. The van der Waals surface area contributed by atoms with Gasteiger partial charge in [-0.3, -0.25) is 9.59 Å². The average molecular weight is 268 g/mol. The number of anilines is 1. The first-order chi connectivity index (χ1) is 8.66. The van der Waals surface area contributed by atoms with Crippen LogP contribution in [0.3, 0.4) is 0 Å². The molecule has 0 radical (unpaired) electrons. The molecule has 1 aromatic heterocycles. The first-order valence-electron chi connectivity index (χ1n) is 5.94. The maximum atomic E-state index is 11.7. The molecule has 0 saturated carbocycles. The van der Waals surface area contributed by atoms with Crippen LogP contribution >= 0.6 is 11.3 Å². The van der Waals surface area contributed by atoms with Gasteiger partial charge in [-0.05, 0) is 12.8 Å². The first kappa shape index (κ1) is 12.8. The summed E-state index contributed by atoms with van der Waals surface area (Å²) >= 11 is 1.16. The number of piperidine rings is 1. The second-order valence-corrected chi connectivity index (χ2v) is 5.22. The molecular formula is C11H16N4O2S. The minimum Gasteiger partial charge on any atom is -0.375 e. The Morgan fingerprint density at radius 1 is 1.56 bits per heavy atom. The largest absolute Gasteiger partial charge is 0.375 e. The minimum absolute atomic E-state index is 0.178. The van der Waals surface area contributed by atoms with Crippen LogP contribution in [0.5, 0.6) is 0 Å². The van der Waals surface area contributed by atoms with Crippen molar-refractivity contribution in [3.05, 3.63) is 11.1 Å². The molecule has 3 N–H and O–H groups in total. The van der Waals surface area contributed by atoms with Gasteiger partial charge in [-0.1, -0.05) is 11.3 Å². The molecule has 0 bridgehead atoms. The number of amides is 2. The number of carbonyl (C=O) groups is 2. The van der Waals surface area contributed by atoms with E-state index in [1.807, 2.05) is 0 Å². The molecule has 7 heteroatoms. The third-order valence-corrected chi connectivity index (χ3v) is 3.66. The smallest absolute Gasteiger partial charge is 0.263 e. The Morgan fingerprint density at radius 2 is 2.39 bits per heavy atom. The maximum absolute atomic E-state index is 11.7. The number of likely N-dealkylation sites (tertiary alicyclic amines) is 1. The Kier molecular flexibility index (Phi) is 4.14. The molecule has 1 aliphatic heterocycles. The Labute approximate surface area is 109 Å². The summed E-state index contributed by atoms with van der Waals surface area (Å²) in [4.78, 5) is 29.3. The minimum atomic E-state index is -0.186. The van der Waals surface area contributed by atoms with E-state index in [0.29, 0.717) is 29.5 Å². The summed E-state index contributed by atoms with van der Waals surface area (Å²) < 4.78 is 0. The van der Waals surface area contributed by atoms with Crippen molar-refractivity contribution in [2.75, 3.05) is 25.4 Å². The number of nitrogen functional groups attached to an aromatic ring is 1. The first-order valence-corrected chi connectivity index (χ1v) is 6.76. The second-order valence-electron chi connectivity index (χ2n) is 4.16. The molecule has 0 atom stereocenters. The van der Waals surface area contributed by atoms with Gasteiger partial charge < -0.3 is 16.0 Å². The van der Waals surface area contributed by atoms with Crippen molar-refractivity contribution in [3.63, 3.8) is 0 Å². The molecule has 98 valence electrons. The highest BCUT2D eigenvalue weighted by molar-refractivity contribution is 7.17. The van der Waals surface area contributed by atoms with Crippen molar-refractivity contribution in [1.29, 1.82) is 0 Å². The van der Waals surface area contributed by atoms with Crippen molar-refractivity contribution in [1.82, 2.24) is 15.2 Å². The Bertz CT molecular complexity index is 446. The zero-order valence-electron chi connectivity index (χ0n) is 10.0. The van der Waals surface area contributed by atoms with Crippen LogP contribution in [0.2, 0.25) is 0 Å². The summed E-state index contributed by atoms with van der Waals surface area (Å²) in [6.45, 7) is 1.82. The second kappa shape index (κ2) is 5.81. The van der Waals surface area contributed by atoms with Gasteiger partial charge in [0.15, 0.2) is 5.13 Å². The van der Waals surface area contributed by atoms with Gasteiger partial charge in [0.05, 0.1) is 6.20 Å². The molecule has 1 saturated heterocycles. The molecule has 1 aliphatic rings. The van der Waals surface area contributed by atoms with E-state index in [2.05, 4.69) is 10.3 Å². The number of hydrogen-bond acceptors (Lipinski definition) is 5. The number of carbonyl (C=O) groups excluding carboxylic acids is 2. The van der Waals surface area contributed by atoms with Crippen LogP contribution in [0, 0.1) is 0 Å². The molecule has 2 amide bonds. The summed E-state index contributed by atoms with van der Waals surface area (Å²) in [7, 11) is 0. The summed E-state index contributed by atoms with van der Waals surface area (Å²) in [5.41, 5.74) is 5.45. The number of hydrogen-bond donors (Lipinski definition) is 2. The van der Waals surface area contributed by atoms with Crippen molar-refractivity contribution in [2.24, 2.45) is 0 Å². The molecular weight excluding hydrogens is 252 g/mol. The number of nitrogens with zero attached hydrogens (tertiary/aromatic N) is 2. The highest BCUT2D eigenvalue weighted by atomic mass is 32.1. The predicted octanol–water partition coefficient (Wildman–Crippen LogP) is 0.468. The van der Waals surface area contributed by atoms with E-state index in [-0.39, 0.29) is 11.8 Å². The maximum Gasteiger partial charge on any atom is 0.263 e. The molecule has 18 heavy (non-hydrogen) atoms. The van der Waals surface area contributed by atoms with E-state index in [9.17, 15) is 9.59 Å². The number of thiazole rings is 1. The van der Waals surface area contributed by atoms with Crippen LogP contribution < -0.4 is 11.1 Å². The van der Waals surface area contributed by atoms with Gasteiger partial charge in [-0.15, -0.1) is 0 Å². The molecule has 1 aromatic rings. The van der Waals surface area contributed by atoms with Gasteiger partial charge >= 0.3 is 0 Å². The molecule has 6 nitrogen and oxygen atoms in total. The van der Waals surface area contributed by atoms with Gasteiger partial charge in [0.2, 0.25) is 5.91 Å². The predicted molar refractivity (Wildman–Crippen MR) is 69.3 cm³/mol. The van der Waals surface area contributed by atoms with Crippen molar-refractivity contribution in [3.8, 4) is 0 Å². The van der Waals surface area contributed by atoms with Crippen LogP contribution in [0.1, 0.15) is 28.9 Å². The van der Waals surface area contributed by atoms with Crippen LogP contribution in [0.25, 0.3) is 0 Å². The average Bonchev–Trinajstić information content (AvgIpc) is 2.78. The number of nitrogens with two attached hydrogens (primary N) is 1. The summed E-state index contributed by atoms with van der Waals surface area (Å²) in [6.07, 6.45) is 4.10. The van der Waals surface area contributed by atoms with Crippen LogP contribution in [-0.2, 0) is 4.79 Å². The van der Waals surface area contributed by atoms with Gasteiger partial charge in [-0.2, -0.15) is 0 Å². The third-order valence-electron chi connectivity index (χ3n) is 2.84. The highest BCUT2D eigenvalue weighted by Crippen LogP contribution is 2.14. The molecule has 0 unspecified atom stereocenters. The van der Waals surface area contributed by atoms with Crippen LogP contribution in [0.15, 0.2) is 6.20 Å². The van der Waals surface area contributed by atoms with Crippen molar-refractivity contribution >= 4 is 28.3 Å². The Balaban J connectivity index is 1.75. The van der Waals surface area contributed by atoms with E-state index in [1.165, 1.54) is 6.20 Å². The van der Waals surface area contributed by atoms with Gasteiger partial charge in [0.1, 0.15) is 4.88 Å². The van der Waals surface area contributed by atoms with Gasteiger partial charge in [-0.25, -0.2) is 4.98 Å². The van der Waals surface area contributed by atoms with Gasteiger partial charge in [0, 0.05) is 26.1 Å². The van der Waals surface area contributed by atoms with Crippen molar-refractivity contribution < 1.29 is 9.59 Å². The summed E-state index contributed by atoms with van der Waals surface area (Å²) in [5.74, 6) is -0.00816. The Morgan fingerprint density at radius 3 is 3.06 bits per heavy atom. The van der Waals surface area contributed by atoms with Crippen LogP contribution in [-0.4, -0.2) is 41.3 Å². The molecule has 2 rings (SSSR count). The Hall–Kier alpha value is -1.63. The van der Waals surface area contributed by atoms with E-state index in [4.69, 9.17) is 5.73 Å². The fourth-order valence-electron chi connectivity index (χ4n) is 1.88. The van der Waals surface area contributed by atoms with E-state index in [1.54, 1.807) is 4.90 Å². The van der Waals surface area contributed by atoms with Crippen molar-refractivity contribution in [2.45, 2.75) is 19.3 Å². The monoisotopic (exact) mass is 268 g/mol. The molecule has 2 heterocycles. The standard InChI is InChI=1S/C11H16N4O2S/c12-11-14-7-8(18-11)10(17)13-4-6-15-5-2-1-3-9(15)16/h7H,1-6H2,(H2,12,14)(H,13,17). The molecule has 1 fully saturated rings. The lowest BCUT2D eigenvalue weighted by molar-refractivity contribution is -0.133. The number of nitrogens with one attached hydrogen (secondary N) is 1. The zero-order valence-corrected chi connectivity index (χ0v) is 10.8. The topological polar surface area (TPSA) is 88.3 Å². The number of rotatable bonds is 4. The summed E-state index contributed by atoms with van der Waals surface area (Å²) in [5, 5.41) is 3.14. The van der Waals surface area contributed by atoms with E-state index < -0.39 is 0 Å². The molecule has 0 aromatic carbocycles. The highest BCUT2D eigenvalue weighted by Gasteiger charge is 2.17. The number of aromatic nitrogens is 1. The zero-order chi connectivity index (χ0) is 13.0. The normalized spacial score (nSPS) is 15.8. The lowest BCUT2D eigenvalue weighted by Crippen LogP contribution is -2.40. The molecule has 0 spiro atoms. The molecule has 0 aliphatic carbocycles. The van der Waals surface area contributed by atoms with Gasteiger partial charge in [0.25, 0.3) is 5.91 Å². The third kappa shape index (κ3) is 3.19. The lowest BCUT2D eigenvalue weighted by atomic mass is 10.1. The SMILES string of the molecule is Nc1ncc(C(=O)NCCN2CCCCC2=O)s1. The summed E-state index contributed by atoms with van der Waals surface area (Å²) in [6, 6.07) is 0.